The average molecular weight is 261 g/mol. The van der Waals surface area contributed by atoms with Crippen LogP contribution >= 0.6 is 12.2 Å². The lowest BCUT2D eigenvalue weighted by atomic mass is 9.59. The predicted octanol–water partition coefficient (Wildman–Crippen LogP) is 1.95. The molecule has 2 aliphatic rings. The van der Waals surface area contributed by atoms with Crippen LogP contribution in [0.25, 0.3) is 0 Å². The van der Waals surface area contributed by atoms with E-state index >= 15 is 0 Å². The number of nitriles is 1. The van der Waals surface area contributed by atoms with Gasteiger partial charge in [0.25, 0.3) is 0 Å². The summed E-state index contributed by atoms with van der Waals surface area (Å²) in [6.45, 7) is 2.17. The molecule has 18 heavy (non-hydrogen) atoms. The normalized spacial score (nSPS) is 35.9. The zero-order chi connectivity index (χ0) is 13.3. The van der Waals surface area contributed by atoms with Crippen molar-refractivity contribution < 1.29 is 4.79 Å². The molecule has 2 rings (SSSR count). The van der Waals surface area contributed by atoms with Gasteiger partial charge in [0.15, 0.2) is 0 Å². The third-order valence-corrected chi connectivity index (χ3v) is 4.50. The van der Waals surface area contributed by atoms with E-state index < -0.39 is 11.3 Å². The van der Waals surface area contributed by atoms with Crippen LogP contribution in [0.1, 0.15) is 32.6 Å². The maximum absolute atomic E-state index is 11.9. The SMILES string of the molecule is CC1CCC2(CC1)C(=C=N)C(=S)NC(=O)C2C#N. The quantitative estimate of drug-likeness (QED) is 0.397. The molecule has 0 aromatic rings. The van der Waals surface area contributed by atoms with Crippen LogP contribution in [0.15, 0.2) is 5.57 Å². The lowest BCUT2D eigenvalue weighted by molar-refractivity contribution is -0.126. The zero-order valence-corrected chi connectivity index (χ0v) is 11.1. The minimum absolute atomic E-state index is 0.274. The van der Waals surface area contributed by atoms with Crippen LogP contribution in [0.4, 0.5) is 0 Å². The first-order valence-corrected chi connectivity index (χ1v) is 6.51. The summed E-state index contributed by atoms with van der Waals surface area (Å²) in [5, 5.41) is 19.2. The molecule has 1 aliphatic carbocycles. The molecule has 1 amide bonds. The van der Waals surface area contributed by atoms with E-state index in [1.54, 1.807) is 0 Å². The Kier molecular flexibility index (Phi) is 3.34. The van der Waals surface area contributed by atoms with Crippen LogP contribution < -0.4 is 5.32 Å². The number of piperidine rings is 1. The summed E-state index contributed by atoms with van der Waals surface area (Å²) in [7, 11) is 0. The van der Waals surface area contributed by atoms with Crippen molar-refractivity contribution in [3.63, 3.8) is 0 Å². The van der Waals surface area contributed by atoms with Crippen molar-refractivity contribution in [3.8, 4) is 6.07 Å². The number of amides is 1. The number of carbonyl (C=O) groups is 1. The molecule has 2 fully saturated rings. The minimum atomic E-state index is -0.746. The van der Waals surface area contributed by atoms with Gasteiger partial charge in [0.2, 0.25) is 5.91 Å². The highest BCUT2D eigenvalue weighted by Gasteiger charge is 2.52. The molecule has 1 unspecified atom stereocenters. The summed E-state index contributed by atoms with van der Waals surface area (Å²) in [5.74, 6) is 1.90. The van der Waals surface area contributed by atoms with E-state index in [0.29, 0.717) is 11.5 Å². The first-order chi connectivity index (χ1) is 8.55. The van der Waals surface area contributed by atoms with Gasteiger partial charge in [-0.25, -0.2) is 0 Å². The lowest BCUT2D eigenvalue weighted by Crippen LogP contribution is -2.54. The highest BCUT2D eigenvalue weighted by molar-refractivity contribution is 7.80. The Morgan fingerprint density at radius 2 is 2.11 bits per heavy atom. The van der Waals surface area contributed by atoms with Gasteiger partial charge in [-0.15, -0.1) is 0 Å². The average Bonchev–Trinajstić information content (AvgIpc) is 2.33. The summed E-state index contributed by atoms with van der Waals surface area (Å²) in [6.07, 6.45) is 3.39. The largest absolute Gasteiger partial charge is 0.315 e. The second-order valence-electron chi connectivity index (χ2n) is 5.22. The number of nitrogens with zero attached hydrogens (tertiary/aromatic N) is 1. The van der Waals surface area contributed by atoms with Gasteiger partial charge in [0.05, 0.1) is 11.6 Å². The third-order valence-electron chi connectivity index (χ3n) is 4.20. The fourth-order valence-corrected chi connectivity index (χ4v) is 3.40. The Labute approximate surface area is 112 Å². The molecule has 0 radical (unpaired) electrons. The highest BCUT2D eigenvalue weighted by Crippen LogP contribution is 2.50. The number of hydrogen-bond acceptors (Lipinski definition) is 4. The molecule has 0 aromatic carbocycles. The molecule has 1 heterocycles. The van der Waals surface area contributed by atoms with Gasteiger partial charge in [-0.3, -0.25) is 10.2 Å². The van der Waals surface area contributed by atoms with E-state index in [4.69, 9.17) is 17.6 Å². The van der Waals surface area contributed by atoms with E-state index in [2.05, 4.69) is 24.2 Å². The number of nitrogens with one attached hydrogen (secondary N) is 2. The molecular formula is C13H15N3OS. The van der Waals surface area contributed by atoms with Gasteiger partial charge in [-0.2, -0.15) is 5.26 Å². The molecule has 0 aromatic heterocycles. The van der Waals surface area contributed by atoms with Crippen LogP contribution in [0.3, 0.4) is 0 Å². The van der Waals surface area contributed by atoms with Crippen LogP contribution in [-0.4, -0.2) is 16.8 Å². The van der Waals surface area contributed by atoms with E-state index in [-0.39, 0.29) is 10.9 Å². The second kappa shape index (κ2) is 4.64. The summed E-state index contributed by atoms with van der Waals surface area (Å²) in [6, 6.07) is 2.10. The van der Waals surface area contributed by atoms with E-state index in [1.807, 2.05) is 0 Å². The van der Waals surface area contributed by atoms with Gasteiger partial charge in [0.1, 0.15) is 10.9 Å². The van der Waals surface area contributed by atoms with Crippen LogP contribution in [-0.2, 0) is 4.79 Å². The molecule has 94 valence electrons. The summed E-state index contributed by atoms with van der Waals surface area (Å²) in [5.41, 5.74) is -0.0434. The van der Waals surface area contributed by atoms with E-state index in [0.717, 1.165) is 25.7 Å². The van der Waals surface area contributed by atoms with Crippen molar-refractivity contribution in [1.82, 2.24) is 5.32 Å². The standard InChI is InChI=1S/C13H15N3OS/c1-8-2-4-13(5-3-8)9(6-14)11(17)16-12(18)10(13)7-15/h8-9,15H,2-5H2,1H3,(H,16,17,18). The molecule has 0 bridgehead atoms. The van der Waals surface area contributed by atoms with Crippen LogP contribution in [0.2, 0.25) is 0 Å². The fraction of sp³-hybridized carbons (Fsp3) is 0.615. The van der Waals surface area contributed by atoms with Crippen LogP contribution in [0.5, 0.6) is 0 Å². The number of carbonyl (C=O) groups excluding carboxylic acids is 1. The third kappa shape index (κ3) is 1.78. The molecule has 1 atom stereocenters. The summed E-state index contributed by atoms with van der Waals surface area (Å²) >= 11 is 5.13. The topological polar surface area (TPSA) is 76.7 Å². The van der Waals surface area contributed by atoms with E-state index in [9.17, 15) is 10.1 Å². The first-order valence-electron chi connectivity index (χ1n) is 6.10. The molecular weight excluding hydrogens is 246 g/mol. The Hall–Kier alpha value is -1.50. The van der Waals surface area contributed by atoms with Gasteiger partial charge in [-0.05, 0) is 37.5 Å². The highest BCUT2D eigenvalue weighted by atomic mass is 32.1. The molecule has 4 nitrogen and oxygen atoms in total. The molecule has 5 heteroatoms. The number of rotatable bonds is 0. The van der Waals surface area contributed by atoms with Gasteiger partial charge >= 0.3 is 0 Å². The smallest absolute Gasteiger partial charge is 0.243 e. The van der Waals surface area contributed by atoms with Crippen molar-refractivity contribution in [3.05, 3.63) is 5.57 Å². The van der Waals surface area contributed by atoms with Crippen LogP contribution in [0, 0.1) is 34.0 Å². The van der Waals surface area contributed by atoms with Gasteiger partial charge < -0.3 is 5.32 Å². The predicted molar refractivity (Wildman–Crippen MR) is 71.1 cm³/mol. The maximum atomic E-state index is 11.9. The fourth-order valence-electron chi connectivity index (χ4n) is 3.05. The Morgan fingerprint density at radius 3 is 2.61 bits per heavy atom. The Bertz CT molecular complexity index is 491. The molecule has 1 spiro atoms. The molecule has 1 saturated heterocycles. The number of hydrogen-bond donors (Lipinski definition) is 2. The second-order valence-corrected chi connectivity index (χ2v) is 5.63. The summed E-state index contributed by atoms with van der Waals surface area (Å²) < 4.78 is 0. The van der Waals surface area contributed by atoms with Crippen molar-refractivity contribution >= 4 is 29.0 Å². The number of thiocarbonyl (C=S) groups is 1. The summed E-state index contributed by atoms with van der Waals surface area (Å²) in [4.78, 5) is 12.2. The molecule has 1 aliphatic heterocycles. The van der Waals surface area contributed by atoms with Gasteiger partial charge in [-0.1, -0.05) is 19.1 Å². The molecule has 1 saturated carbocycles. The van der Waals surface area contributed by atoms with E-state index in [1.165, 1.54) is 0 Å². The first kappa shape index (κ1) is 12.9. The van der Waals surface area contributed by atoms with Crippen molar-refractivity contribution in [1.29, 1.82) is 10.7 Å². The van der Waals surface area contributed by atoms with Crippen molar-refractivity contribution in [2.45, 2.75) is 32.6 Å². The molecule has 2 N–H and O–H groups in total. The Balaban J connectivity index is 2.49. The zero-order valence-electron chi connectivity index (χ0n) is 10.2. The van der Waals surface area contributed by atoms with Crippen molar-refractivity contribution in [2.75, 3.05) is 0 Å². The van der Waals surface area contributed by atoms with Crippen molar-refractivity contribution in [2.24, 2.45) is 17.3 Å². The monoisotopic (exact) mass is 261 g/mol. The lowest BCUT2D eigenvalue weighted by Gasteiger charge is -2.45. The Morgan fingerprint density at radius 1 is 1.50 bits per heavy atom. The maximum Gasteiger partial charge on any atom is 0.243 e. The van der Waals surface area contributed by atoms with Gasteiger partial charge in [0, 0.05) is 5.41 Å². The minimum Gasteiger partial charge on any atom is -0.315 e.